The van der Waals surface area contributed by atoms with Crippen LogP contribution in [-0.4, -0.2) is 0 Å². The van der Waals surface area contributed by atoms with Crippen LogP contribution < -0.4 is 0 Å². The lowest BCUT2D eigenvalue weighted by molar-refractivity contribution is 1.08. The van der Waals surface area contributed by atoms with E-state index in [-0.39, 0.29) is 0 Å². The van der Waals surface area contributed by atoms with E-state index >= 15 is 0 Å². The monoisotopic (exact) mass is 160 g/mol. The highest BCUT2D eigenvalue weighted by Crippen LogP contribution is 2.16. The van der Waals surface area contributed by atoms with Crippen LogP contribution in [0.25, 0.3) is 5.57 Å². The Balaban J connectivity index is 2.90. The van der Waals surface area contributed by atoms with Gasteiger partial charge in [-0.1, -0.05) is 43.0 Å². The molecular weight excluding hydrogens is 144 g/mol. The lowest BCUT2D eigenvalue weighted by atomic mass is 10.0. The number of benzene rings is 1. The van der Waals surface area contributed by atoms with Gasteiger partial charge >= 0.3 is 0 Å². The Labute approximate surface area is 77.1 Å². The van der Waals surface area contributed by atoms with Crippen LogP contribution in [0.3, 0.4) is 0 Å². The number of rotatable bonds is 4. The second kappa shape index (κ2) is 4.55. The maximum Gasteiger partial charge on any atom is 0.0319 e. The normalized spacial score (nSPS) is 13.0. The van der Waals surface area contributed by atoms with Crippen LogP contribution >= 0.6 is 0 Å². The summed E-state index contributed by atoms with van der Waals surface area (Å²) in [4.78, 5) is 0. The fraction of sp³-hybridized carbons (Fsp3) is 0.167. The number of hydrogen-bond acceptors (Lipinski definition) is 0. The van der Waals surface area contributed by atoms with Crippen molar-refractivity contribution in [2.24, 2.45) is 0 Å². The number of allylic oxidation sites excluding steroid dienone is 2. The fourth-order valence-electron chi connectivity index (χ4n) is 0.937. The minimum Gasteiger partial charge on any atom is -0.103 e. The summed E-state index contributed by atoms with van der Waals surface area (Å²) < 4.78 is 15.5. The topological polar surface area (TPSA) is 0 Å². The Morgan fingerprint density at radius 1 is 1.42 bits per heavy atom. The molecule has 0 aliphatic heterocycles. The van der Waals surface area contributed by atoms with Crippen molar-refractivity contribution in [1.82, 2.24) is 0 Å². The molecule has 0 aliphatic carbocycles. The highest BCUT2D eigenvalue weighted by atomic mass is 14.0. The van der Waals surface area contributed by atoms with E-state index in [0.717, 1.165) is 5.56 Å². The zero-order valence-corrected chi connectivity index (χ0v) is 7.09. The van der Waals surface area contributed by atoms with E-state index in [1.807, 2.05) is 30.3 Å². The molecule has 0 unspecified atom stereocenters. The first kappa shape index (κ1) is 6.24. The zero-order chi connectivity index (χ0) is 10.6. The molecule has 0 saturated heterocycles. The van der Waals surface area contributed by atoms with Gasteiger partial charge < -0.3 is 0 Å². The molecule has 0 spiro atoms. The van der Waals surface area contributed by atoms with E-state index in [9.17, 15) is 0 Å². The van der Waals surface area contributed by atoms with Crippen molar-refractivity contribution in [3.05, 3.63) is 55.1 Å². The van der Waals surface area contributed by atoms with Crippen molar-refractivity contribution < 1.29 is 2.74 Å². The molecule has 12 heavy (non-hydrogen) atoms. The van der Waals surface area contributed by atoms with Crippen molar-refractivity contribution >= 4 is 5.57 Å². The van der Waals surface area contributed by atoms with Crippen molar-refractivity contribution in [2.45, 2.75) is 12.8 Å². The fourth-order valence-corrected chi connectivity index (χ4v) is 0.937. The van der Waals surface area contributed by atoms with E-state index in [2.05, 4.69) is 13.2 Å². The molecule has 0 radical (unpaired) electrons. The van der Waals surface area contributed by atoms with E-state index in [0.29, 0.717) is 12.0 Å². The molecule has 0 heteroatoms. The summed E-state index contributed by atoms with van der Waals surface area (Å²) in [6.07, 6.45) is 0.470. The van der Waals surface area contributed by atoms with Crippen molar-refractivity contribution in [3.63, 3.8) is 0 Å². The molecule has 0 fully saturated rings. The van der Waals surface area contributed by atoms with E-state index in [1.165, 1.54) is 0 Å². The van der Waals surface area contributed by atoms with E-state index in [4.69, 9.17) is 2.74 Å². The molecule has 0 nitrogen and oxygen atoms in total. The molecule has 0 aromatic heterocycles. The summed E-state index contributed by atoms with van der Waals surface area (Å²) in [6, 6.07) is 9.39. The van der Waals surface area contributed by atoms with Gasteiger partial charge in [0, 0.05) is 2.74 Å². The SMILES string of the molecule is [2H]C([2H])(CC=C)C(=C)c1ccccc1. The van der Waals surface area contributed by atoms with Crippen LogP contribution in [0.1, 0.15) is 21.1 Å². The molecule has 1 aromatic rings. The van der Waals surface area contributed by atoms with Gasteiger partial charge in [0.15, 0.2) is 0 Å². The van der Waals surface area contributed by atoms with Crippen LogP contribution in [0.5, 0.6) is 0 Å². The molecular formula is C12H14. The minimum absolute atomic E-state index is 0.292. The van der Waals surface area contributed by atoms with Gasteiger partial charge in [0.25, 0.3) is 0 Å². The van der Waals surface area contributed by atoms with Gasteiger partial charge in [-0.3, -0.25) is 0 Å². The summed E-state index contributed by atoms with van der Waals surface area (Å²) in [7, 11) is 0. The first-order valence-electron chi connectivity index (χ1n) is 4.93. The summed E-state index contributed by atoms with van der Waals surface area (Å²) >= 11 is 0. The van der Waals surface area contributed by atoms with Gasteiger partial charge in [-0.05, 0) is 23.9 Å². The maximum absolute atomic E-state index is 7.77. The Morgan fingerprint density at radius 2 is 2.08 bits per heavy atom. The van der Waals surface area contributed by atoms with Crippen LogP contribution in [0, 0.1) is 0 Å². The zero-order valence-electron chi connectivity index (χ0n) is 9.09. The van der Waals surface area contributed by atoms with Crippen molar-refractivity contribution in [2.75, 3.05) is 0 Å². The highest BCUT2D eigenvalue weighted by Gasteiger charge is 1.94. The average Bonchev–Trinajstić information content (AvgIpc) is 2.18. The Hall–Kier alpha value is -1.30. The van der Waals surface area contributed by atoms with Gasteiger partial charge in [0.1, 0.15) is 0 Å². The molecule has 0 N–H and O–H groups in total. The molecule has 0 amide bonds. The largest absolute Gasteiger partial charge is 0.103 e. The van der Waals surface area contributed by atoms with Gasteiger partial charge in [-0.25, -0.2) is 0 Å². The molecule has 1 rings (SSSR count). The van der Waals surface area contributed by atoms with Crippen LogP contribution in [0.15, 0.2) is 49.6 Å². The van der Waals surface area contributed by atoms with Crippen LogP contribution in [0.4, 0.5) is 0 Å². The first-order chi connectivity index (χ1) is 6.58. The van der Waals surface area contributed by atoms with Crippen molar-refractivity contribution in [3.8, 4) is 0 Å². The summed E-state index contributed by atoms with van der Waals surface area (Å²) in [5.74, 6) is 0. The molecule has 0 aliphatic rings. The van der Waals surface area contributed by atoms with Crippen molar-refractivity contribution in [1.29, 1.82) is 0 Å². The first-order valence-corrected chi connectivity index (χ1v) is 3.93. The van der Waals surface area contributed by atoms with Crippen LogP contribution in [0.2, 0.25) is 0 Å². The molecule has 0 atom stereocenters. The average molecular weight is 160 g/mol. The smallest absolute Gasteiger partial charge is 0.0319 e. The second-order valence-corrected chi connectivity index (χ2v) is 2.51. The Morgan fingerprint density at radius 3 is 2.67 bits per heavy atom. The Bertz CT molecular complexity index is 325. The van der Waals surface area contributed by atoms with E-state index < -0.39 is 6.37 Å². The molecule has 62 valence electrons. The Kier molecular flexibility index (Phi) is 2.37. The number of hydrogen-bond donors (Lipinski definition) is 0. The second-order valence-electron chi connectivity index (χ2n) is 2.51. The third-order valence-electron chi connectivity index (χ3n) is 1.58. The third-order valence-corrected chi connectivity index (χ3v) is 1.58. The predicted molar refractivity (Wildman–Crippen MR) is 54.9 cm³/mol. The summed E-state index contributed by atoms with van der Waals surface area (Å²) in [5, 5.41) is 0. The standard InChI is InChI=1S/C12H14/c1-3-4-8-11(2)12-9-6-5-7-10-12/h3,5-7,9-10H,1-2,4,8H2/i8D2. The highest BCUT2D eigenvalue weighted by molar-refractivity contribution is 5.63. The molecule has 0 bridgehead atoms. The third kappa shape index (κ3) is 2.39. The summed E-state index contributed by atoms with van der Waals surface area (Å²) in [5.41, 5.74) is 1.36. The van der Waals surface area contributed by atoms with Gasteiger partial charge in [-0.2, -0.15) is 0 Å². The lowest BCUT2D eigenvalue weighted by Gasteiger charge is -2.02. The molecule has 0 heterocycles. The molecule has 0 saturated carbocycles. The van der Waals surface area contributed by atoms with Gasteiger partial charge in [0.05, 0.1) is 0 Å². The van der Waals surface area contributed by atoms with E-state index in [1.54, 1.807) is 6.08 Å². The minimum atomic E-state index is -1.40. The van der Waals surface area contributed by atoms with Gasteiger partial charge in [-0.15, -0.1) is 6.58 Å². The van der Waals surface area contributed by atoms with Crippen LogP contribution in [-0.2, 0) is 0 Å². The summed E-state index contributed by atoms with van der Waals surface area (Å²) in [6.45, 7) is 7.33. The molecule has 1 aromatic carbocycles. The lowest BCUT2D eigenvalue weighted by Crippen LogP contribution is -1.80. The maximum atomic E-state index is 7.77. The van der Waals surface area contributed by atoms with Gasteiger partial charge in [0.2, 0.25) is 0 Å². The predicted octanol–water partition coefficient (Wildman–Crippen LogP) is 3.67. The quantitative estimate of drug-likeness (QED) is 0.589.